The van der Waals surface area contributed by atoms with Crippen LogP contribution in [0.15, 0.2) is 78.2 Å². The van der Waals surface area contributed by atoms with Crippen LogP contribution in [0.4, 0.5) is 22.0 Å². The predicted octanol–water partition coefficient (Wildman–Crippen LogP) is 7.83. The molecule has 5 rings (SSSR count). The zero-order valence-electron chi connectivity index (χ0n) is 16.2. The number of hydrogen-bond donors (Lipinski definition) is 0. The van der Waals surface area contributed by atoms with Crippen molar-refractivity contribution < 1.29 is 22.0 Å². The van der Waals surface area contributed by atoms with Crippen LogP contribution in [0.25, 0.3) is 43.4 Å². The summed E-state index contributed by atoms with van der Waals surface area (Å²) in [7, 11) is 0. The van der Waals surface area contributed by atoms with Gasteiger partial charge in [0.15, 0.2) is 0 Å². The van der Waals surface area contributed by atoms with Crippen LogP contribution in [0.5, 0.6) is 0 Å². The molecule has 2 nitrogen and oxygen atoms in total. The smallest absolute Gasteiger partial charge is 0.191 e. The molecule has 0 unspecified atom stereocenters. The van der Waals surface area contributed by atoms with Gasteiger partial charge in [-0.15, -0.1) is 21.5 Å². The van der Waals surface area contributed by atoms with Gasteiger partial charge in [-0.25, -0.2) is 0 Å². The normalized spacial score (nSPS) is 12.5. The van der Waals surface area contributed by atoms with Gasteiger partial charge in [-0.3, -0.25) is 0 Å². The van der Waals surface area contributed by atoms with Crippen LogP contribution < -0.4 is 0 Å². The average molecular weight is 456 g/mol. The molecule has 2 aromatic heterocycles. The first-order chi connectivity index (χ1) is 15.3. The molecule has 0 radical (unpaired) electrons. The van der Waals surface area contributed by atoms with Crippen molar-refractivity contribution in [1.82, 2.24) is 10.2 Å². The second-order valence-electron chi connectivity index (χ2n) is 7.24. The quantitative estimate of drug-likeness (QED) is 0.204. The van der Waals surface area contributed by atoms with Crippen molar-refractivity contribution in [2.75, 3.05) is 0 Å². The molecule has 3 aromatic carbocycles. The first kappa shape index (κ1) is 20.5. The van der Waals surface area contributed by atoms with E-state index in [9.17, 15) is 22.0 Å². The Kier molecular flexibility index (Phi) is 4.70. The minimum absolute atomic E-state index is 0.0226. The number of thiophene rings is 1. The maximum Gasteiger partial charge on any atom is 0.458 e. The van der Waals surface area contributed by atoms with Gasteiger partial charge in [0.25, 0.3) is 0 Å². The van der Waals surface area contributed by atoms with Gasteiger partial charge in [0.2, 0.25) is 0 Å². The molecule has 0 aliphatic heterocycles. The van der Waals surface area contributed by atoms with E-state index in [4.69, 9.17) is 0 Å². The summed E-state index contributed by atoms with van der Waals surface area (Å²) in [5, 5.41) is 13.1. The maximum atomic E-state index is 14.4. The van der Waals surface area contributed by atoms with Gasteiger partial charge in [-0.1, -0.05) is 54.6 Å². The third-order valence-electron chi connectivity index (χ3n) is 5.28. The van der Waals surface area contributed by atoms with Crippen molar-refractivity contribution in [3.8, 4) is 21.8 Å². The Morgan fingerprint density at radius 1 is 0.656 bits per heavy atom. The summed E-state index contributed by atoms with van der Waals surface area (Å²) >= 11 is 1.44. The highest BCUT2D eigenvalue weighted by Gasteiger charge is 2.59. The second-order valence-corrected chi connectivity index (χ2v) is 8.18. The number of aromatic nitrogens is 2. The van der Waals surface area contributed by atoms with E-state index in [1.807, 2.05) is 47.8 Å². The molecule has 0 saturated carbocycles. The van der Waals surface area contributed by atoms with Gasteiger partial charge in [0.1, 0.15) is 11.4 Å². The lowest BCUT2D eigenvalue weighted by Gasteiger charge is -2.22. The number of halogens is 5. The summed E-state index contributed by atoms with van der Waals surface area (Å²) in [5.41, 5.74) is -0.935. The maximum absolute atomic E-state index is 14.4. The molecule has 160 valence electrons. The molecule has 0 saturated heterocycles. The lowest BCUT2D eigenvalue weighted by atomic mass is 9.94. The Hall–Kier alpha value is -3.39. The van der Waals surface area contributed by atoms with Gasteiger partial charge in [0, 0.05) is 21.9 Å². The lowest BCUT2D eigenvalue weighted by molar-refractivity contribution is -0.289. The van der Waals surface area contributed by atoms with E-state index in [1.165, 1.54) is 23.5 Å². The third kappa shape index (κ3) is 3.22. The van der Waals surface area contributed by atoms with Crippen molar-refractivity contribution in [1.29, 1.82) is 0 Å². The van der Waals surface area contributed by atoms with Crippen molar-refractivity contribution in [2.45, 2.75) is 12.1 Å². The highest BCUT2D eigenvalue weighted by atomic mass is 32.1. The number of benzene rings is 3. The van der Waals surface area contributed by atoms with E-state index >= 15 is 0 Å². The van der Waals surface area contributed by atoms with Crippen LogP contribution in [0.1, 0.15) is 5.56 Å². The van der Waals surface area contributed by atoms with Crippen LogP contribution in [0.3, 0.4) is 0 Å². The first-order valence-corrected chi connectivity index (χ1v) is 10.4. The summed E-state index contributed by atoms with van der Waals surface area (Å²) in [6, 6.07) is 19.3. The molecule has 32 heavy (non-hydrogen) atoms. The molecule has 0 atom stereocenters. The van der Waals surface area contributed by atoms with E-state index in [0.29, 0.717) is 16.5 Å². The van der Waals surface area contributed by atoms with Crippen molar-refractivity contribution in [3.63, 3.8) is 0 Å². The van der Waals surface area contributed by atoms with Gasteiger partial charge < -0.3 is 0 Å². The number of alkyl halides is 5. The summed E-state index contributed by atoms with van der Waals surface area (Å²) < 4.78 is 68.4. The average Bonchev–Trinajstić information content (AvgIpc) is 3.31. The molecule has 8 heteroatoms. The van der Waals surface area contributed by atoms with Crippen LogP contribution in [-0.2, 0) is 5.92 Å². The second kappa shape index (κ2) is 7.34. The topological polar surface area (TPSA) is 25.8 Å². The van der Waals surface area contributed by atoms with E-state index in [2.05, 4.69) is 10.2 Å². The van der Waals surface area contributed by atoms with Crippen LogP contribution >= 0.6 is 11.3 Å². The van der Waals surface area contributed by atoms with E-state index in [1.54, 1.807) is 6.07 Å². The molecule has 0 aliphatic carbocycles. The minimum Gasteiger partial charge on any atom is -0.191 e. The van der Waals surface area contributed by atoms with E-state index in [-0.39, 0.29) is 11.3 Å². The fraction of sp³-hybridized carbons (Fsp3) is 0.0833. The Labute approximate surface area is 183 Å². The van der Waals surface area contributed by atoms with Crippen LogP contribution in [0.2, 0.25) is 0 Å². The van der Waals surface area contributed by atoms with Gasteiger partial charge >= 0.3 is 12.1 Å². The highest BCUT2D eigenvalue weighted by Crippen LogP contribution is 2.48. The SMILES string of the molecule is FC(F)(F)C(F)(F)c1ccccc1-c1nnc(-c2cccs2)c2cc3ccccc3cc12. The molecule has 5 aromatic rings. The van der Waals surface area contributed by atoms with E-state index < -0.39 is 17.7 Å². The van der Waals surface area contributed by atoms with Crippen molar-refractivity contribution in [3.05, 3.63) is 83.7 Å². The first-order valence-electron chi connectivity index (χ1n) is 9.55. The number of fused-ring (bicyclic) bond motifs is 2. The monoisotopic (exact) mass is 456 g/mol. The Balaban J connectivity index is 1.86. The summed E-state index contributed by atoms with van der Waals surface area (Å²) in [6.45, 7) is 0. The minimum atomic E-state index is -5.74. The van der Waals surface area contributed by atoms with Gasteiger partial charge in [-0.05, 0) is 34.4 Å². The molecule has 0 bridgehead atoms. The molecular weight excluding hydrogens is 443 g/mol. The van der Waals surface area contributed by atoms with Crippen molar-refractivity contribution in [2.24, 2.45) is 0 Å². The predicted molar refractivity (Wildman–Crippen MR) is 116 cm³/mol. The van der Waals surface area contributed by atoms with E-state index in [0.717, 1.165) is 27.8 Å². The molecule has 2 heterocycles. The highest BCUT2D eigenvalue weighted by molar-refractivity contribution is 7.13. The largest absolute Gasteiger partial charge is 0.458 e. The summed E-state index contributed by atoms with van der Waals surface area (Å²) in [4.78, 5) is 0.818. The number of hydrogen-bond acceptors (Lipinski definition) is 3. The molecule has 0 spiro atoms. The number of nitrogens with zero attached hydrogens (tertiary/aromatic N) is 2. The lowest BCUT2D eigenvalue weighted by Crippen LogP contribution is -2.34. The third-order valence-corrected chi connectivity index (χ3v) is 6.15. The van der Waals surface area contributed by atoms with Gasteiger partial charge in [-0.2, -0.15) is 22.0 Å². The fourth-order valence-electron chi connectivity index (χ4n) is 3.75. The summed E-state index contributed by atoms with van der Waals surface area (Å²) in [5.74, 6) is -5.04. The Bertz CT molecular complexity index is 1440. The molecule has 0 fully saturated rings. The molecule has 0 aliphatic rings. The molecule has 0 amide bonds. The summed E-state index contributed by atoms with van der Waals surface area (Å²) in [6.07, 6.45) is -5.74. The zero-order valence-corrected chi connectivity index (χ0v) is 17.0. The molecular formula is C24H13F5N2S. The standard InChI is InChI=1S/C24H13F5N2S/c25-23(26,24(27,28)29)19-9-4-3-8-16(19)21-17-12-14-6-1-2-7-15(14)13-18(17)22(31-30-21)20-10-5-11-32-20/h1-13H. The zero-order chi connectivity index (χ0) is 22.5. The Morgan fingerprint density at radius 2 is 1.25 bits per heavy atom. The fourth-order valence-corrected chi connectivity index (χ4v) is 4.47. The Morgan fingerprint density at radius 3 is 1.88 bits per heavy atom. The van der Waals surface area contributed by atoms with Gasteiger partial charge in [0.05, 0.1) is 4.88 Å². The molecule has 0 N–H and O–H groups in total. The number of rotatable bonds is 3. The van der Waals surface area contributed by atoms with Crippen molar-refractivity contribution >= 4 is 32.9 Å². The van der Waals surface area contributed by atoms with Crippen LogP contribution in [0, 0.1) is 0 Å². The van der Waals surface area contributed by atoms with Crippen LogP contribution in [-0.4, -0.2) is 16.4 Å².